The van der Waals surface area contributed by atoms with Crippen LogP contribution in [0.25, 0.3) is 10.8 Å². The summed E-state index contributed by atoms with van der Waals surface area (Å²) in [6, 6.07) is 61.2. The number of carbonyl (C=O) groups is 1. The smallest absolute Gasteiger partial charge is 0.245 e. The third-order valence-electron chi connectivity index (χ3n) is 10.2. The maximum absolute atomic E-state index is 12.8. The Labute approximate surface area is 354 Å². The zero-order valence-corrected chi connectivity index (χ0v) is 33.6. The molecule has 0 atom stereocenters. The molecule has 8 aromatic rings. The van der Waals surface area contributed by atoms with Gasteiger partial charge in [0.2, 0.25) is 6.40 Å². The molecule has 9 nitrogen and oxygen atoms in total. The Hall–Kier alpha value is -8.04. The molecule has 0 aliphatic carbocycles. The summed E-state index contributed by atoms with van der Waals surface area (Å²) in [6.07, 6.45) is 3.04. The van der Waals surface area contributed by atoms with E-state index in [-0.39, 0.29) is 18.1 Å². The molecule has 0 unspecified atom stereocenters. The van der Waals surface area contributed by atoms with Crippen LogP contribution in [0.4, 0.5) is 34.1 Å². The van der Waals surface area contributed by atoms with Crippen molar-refractivity contribution in [3.05, 3.63) is 221 Å². The molecule has 0 radical (unpaired) electrons. The first-order chi connectivity index (χ1) is 30.0. The summed E-state index contributed by atoms with van der Waals surface area (Å²) in [5, 5.41) is 24.8. The number of azo groups is 1. The molecular weight excluding hydrogens is 759 g/mol. The number of aryl methyl sites for hydroxylation is 3. The standard InChI is InChI=1S/C52H43N5O4/c1-37-12-21-41(22-13-37)52(59)42-23-28-44(29-24-42)54-55-51-49-32-20-40(34-43(49)25-33-50(51)58)35-60-53-36-61-56-45-26-16-38(17-27-45)14-15-39-18-30-48(31-19-39)57(46-8-4-2-5-9-46)47-10-6-3-7-11-47/h2-13,16-34,36,56,58H,14-15,35H2,1H3/b53-36+,55-54?. The summed E-state index contributed by atoms with van der Waals surface area (Å²) < 4.78 is 0. The number of oxime groups is 1. The van der Waals surface area contributed by atoms with E-state index >= 15 is 0 Å². The fourth-order valence-electron chi connectivity index (χ4n) is 6.90. The molecule has 0 aliphatic heterocycles. The van der Waals surface area contributed by atoms with Crippen molar-refractivity contribution in [2.24, 2.45) is 15.4 Å². The fraction of sp³-hybridized carbons (Fsp3) is 0.0769. The number of nitrogens with one attached hydrogen (secondary N) is 1. The average Bonchev–Trinajstić information content (AvgIpc) is 3.31. The number of hydrogen-bond donors (Lipinski definition) is 2. The molecule has 0 bridgehead atoms. The number of hydrogen-bond acceptors (Lipinski definition) is 9. The van der Waals surface area contributed by atoms with E-state index in [2.05, 4.69) is 111 Å². The molecule has 61 heavy (non-hydrogen) atoms. The lowest BCUT2D eigenvalue weighted by Gasteiger charge is -2.25. The average molecular weight is 802 g/mol. The van der Waals surface area contributed by atoms with Gasteiger partial charge in [0.1, 0.15) is 18.0 Å². The van der Waals surface area contributed by atoms with Gasteiger partial charge in [-0.15, -0.1) is 5.11 Å². The number of aromatic hydroxyl groups is 1. The molecule has 9 heteroatoms. The summed E-state index contributed by atoms with van der Waals surface area (Å²) in [7, 11) is 0. The normalized spacial score (nSPS) is 11.2. The number of anilines is 4. The molecule has 0 heterocycles. The minimum absolute atomic E-state index is 0.00661. The van der Waals surface area contributed by atoms with Crippen LogP contribution in [0, 0.1) is 6.92 Å². The number of phenols is 1. The van der Waals surface area contributed by atoms with Crippen molar-refractivity contribution in [3.63, 3.8) is 0 Å². The predicted molar refractivity (Wildman–Crippen MR) is 244 cm³/mol. The van der Waals surface area contributed by atoms with Gasteiger partial charge in [0.25, 0.3) is 0 Å². The van der Waals surface area contributed by atoms with E-state index in [1.165, 1.54) is 17.5 Å². The number of fused-ring (bicyclic) bond motifs is 1. The molecule has 0 aromatic heterocycles. The fourth-order valence-corrected chi connectivity index (χ4v) is 6.90. The van der Waals surface area contributed by atoms with Gasteiger partial charge in [-0.2, -0.15) is 5.11 Å². The lowest BCUT2D eigenvalue weighted by molar-refractivity contribution is 0.103. The lowest BCUT2D eigenvalue weighted by Crippen LogP contribution is -2.09. The highest BCUT2D eigenvalue weighted by atomic mass is 16.7. The van der Waals surface area contributed by atoms with Crippen LogP contribution in [0.5, 0.6) is 5.75 Å². The Bertz CT molecular complexity index is 2720. The van der Waals surface area contributed by atoms with Crippen molar-refractivity contribution in [3.8, 4) is 5.75 Å². The third kappa shape index (κ3) is 10.2. The van der Waals surface area contributed by atoms with Crippen molar-refractivity contribution >= 4 is 57.1 Å². The van der Waals surface area contributed by atoms with E-state index in [0.717, 1.165) is 57.5 Å². The SMILES string of the molecule is Cc1ccc(C(=O)c2ccc(N=Nc3c(O)ccc4cc(CO/N=C/ONc5ccc(CCc6ccc(N(c7ccccc7)c7ccccc7)cc6)cc5)ccc34)cc2)cc1. The quantitative estimate of drug-likeness (QED) is 0.0331. The van der Waals surface area contributed by atoms with Crippen LogP contribution >= 0.6 is 0 Å². The highest BCUT2D eigenvalue weighted by molar-refractivity contribution is 6.09. The number of phenolic OH excluding ortho intramolecular Hbond substituents is 1. The summed E-state index contributed by atoms with van der Waals surface area (Å²) in [4.78, 5) is 26.0. The Morgan fingerprint density at radius 2 is 1.20 bits per heavy atom. The van der Waals surface area contributed by atoms with Gasteiger partial charge in [0, 0.05) is 33.6 Å². The Morgan fingerprint density at radius 1 is 0.623 bits per heavy atom. The van der Waals surface area contributed by atoms with Crippen LogP contribution < -0.4 is 10.4 Å². The van der Waals surface area contributed by atoms with Gasteiger partial charge < -0.3 is 19.7 Å². The van der Waals surface area contributed by atoms with Crippen LogP contribution in [0.15, 0.2) is 203 Å². The maximum Gasteiger partial charge on any atom is 0.245 e. The van der Waals surface area contributed by atoms with Gasteiger partial charge in [0.15, 0.2) is 5.78 Å². The Balaban J connectivity index is 0.792. The summed E-state index contributed by atoms with van der Waals surface area (Å²) in [5.74, 6) is -0.0560. The van der Waals surface area contributed by atoms with Gasteiger partial charge in [0.05, 0.1) is 11.4 Å². The van der Waals surface area contributed by atoms with Crippen LogP contribution in [-0.4, -0.2) is 17.3 Å². The predicted octanol–water partition coefficient (Wildman–Crippen LogP) is 13.3. The second-order valence-electron chi connectivity index (χ2n) is 14.5. The topological polar surface area (TPSA) is 108 Å². The van der Waals surface area contributed by atoms with Crippen molar-refractivity contribution in [1.82, 2.24) is 0 Å². The molecule has 0 saturated carbocycles. The molecule has 8 aromatic carbocycles. The molecular formula is C52H43N5O4. The second kappa shape index (κ2) is 19.1. The molecule has 0 aliphatic rings. The van der Waals surface area contributed by atoms with Crippen molar-refractivity contribution in [2.45, 2.75) is 26.4 Å². The largest absolute Gasteiger partial charge is 0.506 e. The van der Waals surface area contributed by atoms with E-state index in [1.807, 2.05) is 79.7 Å². The van der Waals surface area contributed by atoms with E-state index in [0.29, 0.717) is 22.5 Å². The lowest BCUT2D eigenvalue weighted by atomic mass is 10.0. The number of carbonyl (C=O) groups excluding carboxylic acids is 1. The first kappa shape index (κ1) is 39.8. The summed E-state index contributed by atoms with van der Waals surface area (Å²) in [6.45, 7) is 2.19. The molecule has 0 saturated heterocycles. The van der Waals surface area contributed by atoms with E-state index in [1.54, 1.807) is 30.3 Å². The van der Waals surface area contributed by atoms with Crippen LogP contribution in [0.2, 0.25) is 0 Å². The number of benzene rings is 8. The van der Waals surface area contributed by atoms with E-state index in [4.69, 9.17) is 9.68 Å². The Kier molecular flexibility index (Phi) is 12.5. The number of nitrogens with zero attached hydrogens (tertiary/aromatic N) is 4. The number of ketones is 1. The highest BCUT2D eigenvalue weighted by Gasteiger charge is 2.13. The Morgan fingerprint density at radius 3 is 1.84 bits per heavy atom. The van der Waals surface area contributed by atoms with Gasteiger partial charge in [-0.1, -0.05) is 114 Å². The van der Waals surface area contributed by atoms with Crippen LogP contribution in [0.3, 0.4) is 0 Å². The van der Waals surface area contributed by atoms with E-state index in [9.17, 15) is 9.90 Å². The zero-order valence-electron chi connectivity index (χ0n) is 33.6. The minimum Gasteiger partial charge on any atom is -0.506 e. The monoisotopic (exact) mass is 801 g/mol. The summed E-state index contributed by atoms with van der Waals surface area (Å²) in [5.41, 5.74) is 13.6. The van der Waals surface area contributed by atoms with E-state index < -0.39 is 0 Å². The van der Waals surface area contributed by atoms with Gasteiger partial charge >= 0.3 is 0 Å². The highest BCUT2D eigenvalue weighted by Crippen LogP contribution is 2.37. The second-order valence-corrected chi connectivity index (χ2v) is 14.5. The van der Waals surface area contributed by atoms with Gasteiger partial charge in [-0.25, -0.2) is 5.48 Å². The van der Waals surface area contributed by atoms with Crippen molar-refractivity contribution in [1.29, 1.82) is 0 Å². The first-order valence-corrected chi connectivity index (χ1v) is 20.0. The van der Waals surface area contributed by atoms with Gasteiger partial charge in [-0.3, -0.25) is 4.79 Å². The molecule has 300 valence electrons. The molecule has 0 spiro atoms. The number of para-hydroxylation sites is 2. The van der Waals surface area contributed by atoms with Crippen molar-refractivity contribution < 1.29 is 19.6 Å². The number of rotatable bonds is 16. The third-order valence-corrected chi connectivity index (χ3v) is 10.2. The van der Waals surface area contributed by atoms with Crippen molar-refractivity contribution in [2.75, 3.05) is 10.4 Å². The maximum atomic E-state index is 12.8. The zero-order chi connectivity index (χ0) is 41.8. The van der Waals surface area contributed by atoms with Gasteiger partial charge in [-0.05, 0) is 127 Å². The summed E-state index contributed by atoms with van der Waals surface area (Å²) >= 11 is 0. The van der Waals surface area contributed by atoms with Crippen LogP contribution in [0.1, 0.15) is 38.2 Å². The molecule has 0 fully saturated rings. The van der Waals surface area contributed by atoms with Crippen LogP contribution in [-0.2, 0) is 29.1 Å². The molecule has 0 amide bonds. The molecule has 8 rings (SSSR count). The minimum atomic E-state index is -0.0626. The molecule has 2 N–H and O–H groups in total. The first-order valence-electron chi connectivity index (χ1n) is 20.0.